The molecular weight excluding hydrogens is 493 g/mol. The summed E-state index contributed by atoms with van der Waals surface area (Å²) in [5, 5.41) is 3.51. The summed E-state index contributed by atoms with van der Waals surface area (Å²) in [7, 11) is -4.74. The molecule has 0 unspecified atom stereocenters. The number of aryl methyl sites for hydroxylation is 5. The van der Waals surface area contributed by atoms with Gasteiger partial charge in [-0.1, -0.05) is 22.8 Å². The van der Waals surface area contributed by atoms with Crippen LogP contribution in [0, 0.1) is 34.6 Å². The van der Waals surface area contributed by atoms with Crippen molar-refractivity contribution < 1.29 is 26.9 Å². The van der Waals surface area contributed by atoms with Gasteiger partial charge in [-0.2, -0.15) is 12.7 Å². The Balaban J connectivity index is 2.28. The minimum Gasteiger partial charge on any atom is -0.336 e. The summed E-state index contributed by atoms with van der Waals surface area (Å²) in [5.74, 6) is -2.28. The number of hydrogen-bond donors (Lipinski definition) is 1. The van der Waals surface area contributed by atoms with Crippen molar-refractivity contribution in [3.63, 3.8) is 0 Å². The molecule has 2 aromatic heterocycles. The lowest BCUT2D eigenvalue weighted by Crippen LogP contribution is -2.42. The van der Waals surface area contributed by atoms with Crippen LogP contribution in [0.5, 0.6) is 0 Å². The zero-order valence-electron chi connectivity index (χ0n) is 18.4. The first-order chi connectivity index (χ1) is 15.4. The number of carbonyl (C=O) groups excluding carboxylic acids is 2. The van der Waals surface area contributed by atoms with Gasteiger partial charge in [0.05, 0.1) is 10.6 Å². The first-order valence-electron chi connectivity index (χ1n) is 9.64. The van der Waals surface area contributed by atoms with Crippen molar-refractivity contribution in [3.8, 4) is 0 Å². The molecule has 0 spiro atoms. The van der Waals surface area contributed by atoms with Gasteiger partial charge in [-0.3, -0.25) is 9.59 Å². The lowest BCUT2D eigenvalue weighted by Gasteiger charge is -2.26. The standard InChI is InChI=1S/C21H21ClFN3O5S2/c1-10-6-12(3)19(15(7-10)16(27)9-23)26(21(28)17-8-11(2)14(5)32-17)33(29,30)25-20-18(22)13(4)24-31-20/h6-8,25H,9H2,1-5H3. The van der Waals surface area contributed by atoms with E-state index in [1.807, 2.05) is 0 Å². The summed E-state index contributed by atoms with van der Waals surface area (Å²) >= 11 is 7.15. The van der Waals surface area contributed by atoms with Crippen LogP contribution >= 0.6 is 22.9 Å². The van der Waals surface area contributed by atoms with E-state index in [1.54, 1.807) is 32.9 Å². The smallest absolute Gasteiger partial charge is 0.333 e. The molecule has 0 fully saturated rings. The number of benzene rings is 1. The van der Waals surface area contributed by atoms with Crippen molar-refractivity contribution in [2.24, 2.45) is 0 Å². The van der Waals surface area contributed by atoms with Gasteiger partial charge in [-0.15, -0.1) is 11.3 Å². The third-order valence-corrected chi connectivity index (χ3v) is 7.74. The molecule has 3 aromatic rings. The first kappa shape index (κ1) is 24.9. The number of carbonyl (C=O) groups is 2. The predicted octanol–water partition coefficient (Wildman–Crippen LogP) is 5.09. The number of nitrogens with one attached hydrogen (secondary N) is 1. The SMILES string of the molecule is Cc1cc(C)c(N(C(=O)c2cc(C)c(C)s2)S(=O)(=O)Nc2onc(C)c2Cl)c(C(=O)CF)c1. The fraction of sp³-hybridized carbons (Fsp3) is 0.286. The molecule has 0 aliphatic carbocycles. The van der Waals surface area contributed by atoms with Crippen molar-refractivity contribution >= 4 is 56.4 Å². The van der Waals surface area contributed by atoms with E-state index in [2.05, 4.69) is 9.88 Å². The van der Waals surface area contributed by atoms with Gasteiger partial charge in [0.2, 0.25) is 0 Å². The maximum Gasteiger partial charge on any atom is 0.333 e. The van der Waals surface area contributed by atoms with Crippen LogP contribution in [0.4, 0.5) is 16.0 Å². The normalized spacial score (nSPS) is 11.5. The van der Waals surface area contributed by atoms with Crippen molar-refractivity contribution in [3.05, 3.63) is 60.9 Å². The van der Waals surface area contributed by atoms with E-state index in [9.17, 15) is 22.4 Å². The lowest BCUT2D eigenvalue weighted by atomic mass is 10.0. The second kappa shape index (κ2) is 9.24. The number of amides is 1. The van der Waals surface area contributed by atoms with Crippen LogP contribution in [-0.4, -0.2) is 31.9 Å². The van der Waals surface area contributed by atoms with E-state index in [-0.39, 0.29) is 32.4 Å². The minimum atomic E-state index is -4.74. The molecule has 0 atom stereocenters. The second-order valence-corrected chi connectivity index (χ2v) is 10.6. The molecule has 12 heteroatoms. The summed E-state index contributed by atoms with van der Waals surface area (Å²) < 4.78 is 47.9. The minimum absolute atomic E-state index is 0.0885. The molecule has 33 heavy (non-hydrogen) atoms. The van der Waals surface area contributed by atoms with Gasteiger partial charge >= 0.3 is 10.2 Å². The van der Waals surface area contributed by atoms with Crippen molar-refractivity contribution in [2.75, 3.05) is 15.7 Å². The highest BCUT2D eigenvalue weighted by Gasteiger charge is 2.37. The average Bonchev–Trinajstić information content (AvgIpc) is 3.24. The van der Waals surface area contributed by atoms with Crippen LogP contribution in [0.25, 0.3) is 0 Å². The molecule has 0 radical (unpaired) electrons. The monoisotopic (exact) mass is 513 g/mol. The molecule has 0 aliphatic heterocycles. The molecule has 0 bridgehead atoms. The van der Waals surface area contributed by atoms with Crippen molar-refractivity contribution in [1.29, 1.82) is 0 Å². The maximum atomic E-state index is 13.6. The van der Waals surface area contributed by atoms with E-state index in [4.69, 9.17) is 16.1 Å². The van der Waals surface area contributed by atoms with Crippen LogP contribution in [0.3, 0.4) is 0 Å². The summed E-state index contributed by atoms with van der Waals surface area (Å²) in [6.07, 6.45) is 0. The van der Waals surface area contributed by atoms with Gasteiger partial charge in [0.25, 0.3) is 11.8 Å². The van der Waals surface area contributed by atoms with Crippen LogP contribution in [0.15, 0.2) is 22.7 Å². The second-order valence-electron chi connectivity index (χ2n) is 7.47. The molecule has 8 nitrogen and oxygen atoms in total. The molecule has 0 aliphatic rings. The first-order valence-corrected chi connectivity index (χ1v) is 12.3. The summed E-state index contributed by atoms with van der Waals surface area (Å²) in [6, 6.07) is 4.49. The Morgan fingerprint density at radius 2 is 1.82 bits per heavy atom. The highest BCUT2D eigenvalue weighted by Crippen LogP contribution is 2.35. The lowest BCUT2D eigenvalue weighted by molar-refractivity contribution is 0.0959. The Bertz CT molecular complexity index is 1340. The highest BCUT2D eigenvalue weighted by molar-refractivity contribution is 7.94. The fourth-order valence-electron chi connectivity index (χ4n) is 3.21. The number of hydrogen-bond acceptors (Lipinski definition) is 7. The Morgan fingerprint density at radius 3 is 2.33 bits per heavy atom. The van der Waals surface area contributed by atoms with Crippen LogP contribution < -0.4 is 9.03 Å². The van der Waals surface area contributed by atoms with Crippen molar-refractivity contribution in [2.45, 2.75) is 34.6 Å². The van der Waals surface area contributed by atoms with E-state index >= 15 is 0 Å². The summed E-state index contributed by atoms with van der Waals surface area (Å²) in [6.45, 7) is 6.92. The molecule has 0 saturated carbocycles. The third kappa shape index (κ3) is 4.80. The van der Waals surface area contributed by atoms with Crippen LogP contribution in [0.2, 0.25) is 5.02 Å². The molecule has 176 valence electrons. The van der Waals surface area contributed by atoms with E-state index < -0.39 is 34.5 Å². The van der Waals surface area contributed by atoms with Crippen LogP contribution in [0.1, 0.15) is 47.3 Å². The Labute approximate surface area is 199 Å². The van der Waals surface area contributed by atoms with E-state index in [1.165, 1.54) is 19.9 Å². The molecule has 0 saturated heterocycles. The van der Waals surface area contributed by atoms with Crippen molar-refractivity contribution in [1.82, 2.24) is 5.16 Å². The van der Waals surface area contributed by atoms with Gasteiger partial charge in [-0.05, 0) is 63.4 Å². The Hall–Kier alpha value is -2.76. The predicted molar refractivity (Wildman–Crippen MR) is 126 cm³/mol. The number of alkyl halides is 1. The number of anilines is 2. The topological polar surface area (TPSA) is 110 Å². The summed E-state index contributed by atoms with van der Waals surface area (Å²) in [5.41, 5.74) is 1.42. The quantitative estimate of drug-likeness (QED) is 0.441. The van der Waals surface area contributed by atoms with Gasteiger partial charge in [0.1, 0.15) is 10.7 Å². The zero-order valence-corrected chi connectivity index (χ0v) is 20.8. The van der Waals surface area contributed by atoms with Crippen LogP contribution in [-0.2, 0) is 10.2 Å². The van der Waals surface area contributed by atoms with E-state index in [0.717, 1.165) is 21.8 Å². The average molecular weight is 514 g/mol. The zero-order chi connectivity index (χ0) is 24.7. The van der Waals surface area contributed by atoms with Gasteiger partial charge in [0.15, 0.2) is 12.5 Å². The largest absolute Gasteiger partial charge is 0.336 e. The molecular formula is C21H21ClFN3O5S2. The van der Waals surface area contributed by atoms with Gasteiger partial charge < -0.3 is 4.52 Å². The Morgan fingerprint density at radius 1 is 1.15 bits per heavy atom. The van der Waals surface area contributed by atoms with E-state index in [0.29, 0.717) is 9.87 Å². The molecule has 1 amide bonds. The number of thiophene rings is 1. The number of ketones is 1. The number of Topliss-reactive ketones (excluding diaryl/α,β-unsaturated/α-hetero) is 1. The molecule has 1 N–H and O–H groups in total. The number of rotatable bonds is 7. The third-order valence-electron chi connectivity index (χ3n) is 4.88. The molecule has 3 rings (SSSR count). The van der Waals surface area contributed by atoms with Gasteiger partial charge in [-0.25, -0.2) is 9.11 Å². The van der Waals surface area contributed by atoms with Gasteiger partial charge in [0, 0.05) is 10.4 Å². The fourth-order valence-corrected chi connectivity index (χ4v) is 5.67. The maximum absolute atomic E-state index is 13.6. The summed E-state index contributed by atoms with van der Waals surface area (Å²) in [4.78, 5) is 26.9. The Kier molecular flexibility index (Phi) is 6.96. The highest BCUT2D eigenvalue weighted by atomic mass is 35.5. The number of halogens is 2. The molecule has 2 heterocycles. The number of aromatic nitrogens is 1. The number of nitrogens with zero attached hydrogens (tertiary/aromatic N) is 2. The molecule has 1 aromatic carbocycles.